The van der Waals surface area contributed by atoms with E-state index in [1.165, 1.54) is 0 Å². The fourth-order valence-electron chi connectivity index (χ4n) is 1.52. The Labute approximate surface area is 95.6 Å². The summed E-state index contributed by atoms with van der Waals surface area (Å²) in [5.74, 6) is 0. The summed E-state index contributed by atoms with van der Waals surface area (Å²) >= 11 is 3.39. The highest BCUT2D eigenvalue weighted by atomic mass is 79.9. The average Bonchev–Trinajstić information content (AvgIpc) is 2.61. The Kier molecular flexibility index (Phi) is 3.06. The van der Waals surface area contributed by atoms with E-state index in [9.17, 15) is 4.79 Å². The molecule has 0 unspecified atom stereocenters. The fourth-order valence-corrected chi connectivity index (χ4v) is 1.86. The maximum absolute atomic E-state index is 10.1. The molecule has 1 heterocycles. The topological polar surface area (TPSA) is 42.2 Å². The molecular weight excluding hydrogens is 258 g/mol. The van der Waals surface area contributed by atoms with E-state index in [1.807, 2.05) is 18.2 Å². The smallest absolute Gasteiger partial charge is 0.207 e. The molecule has 0 atom stereocenters. The Morgan fingerprint density at radius 3 is 3.13 bits per heavy atom. The zero-order valence-corrected chi connectivity index (χ0v) is 9.58. The Morgan fingerprint density at radius 2 is 2.33 bits per heavy atom. The van der Waals surface area contributed by atoms with Gasteiger partial charge < -0.3 is 9.73 Å². The lowest BCUT2D eigenvalue weighted by atomic mass is 10.1. The van der Waals surface area contributed by atoms with Gasteiger partial charge in [0.1, 0.15) is 5.58 Å². The SMILES string of the molecule is O=CNCCc1coc2cc(Br)ccc12. The first-order valence-corrected chi connectivity index (χ1v) is 5.43. The van der Waals surface area contributed by atoms with Gasteiger partial charge in [-0.15, -0.1) is 0 Å². The molecular formula is C11H10BrNO2. The number of furan rings is 1. The highest BCUT2D eigenvalue weighted by Crippen LogP contribution is 2.24. The fraction of sp³-hybridized carbons (Fsp3) is 0.182. The van der Waals surface area contributed by atoms with Crippen LogP contribution in [0.5, 0.6) is 0 Å². The molecule has 0 aliphatic heterocycles. The van der Waals surface area contributed by atoms with Crippen molar-refractivity contribution in [3.8, 4) is 0 Å². The van der Waals surface area contributed by atoms with E-state index in [4.69, 9.17) is 4.42 Å². The van der Waals surface area contributed by atoms with Crippen LogP contribution in [-0.2, 0) is 11.2 Å². The van der Waals surface area contributed by atoms with Gasteiger partial charge in [-0.3, -0.25) is 4.79 Å². The molecule has 3 nitrogen and oxygen atoms in total. The van der Waals surface area contributed by atoms with Crippen molar-refractivity contribution in [2.75, 3.05) is 6.54 Å². The van der Waals surface area contributed by atoms with E-state index < -0.39 is 0 Å². The van der Waals surface area contributed by atoms with Gasteiger partial charge in [-0.1, -0.05) is 15.9 Å². The summed E-state index contributed by atoms with van der Waals surface area (Å²) in [6.07, 6.45) is 3.23. The van der Waals surface area contributed by atoms with Crippen molar-refractivity contribution in [2.24, 2.45) is 0 Å². The largest absolute Gasteiger partial charge is 0.464 e. The first kappa shape index (κ1) is 10.2. The van der Waals surface area contributed by atoms with Gasteiger partial charge in [0.15, 0.2) is 0 Å². The predicted octanol–water partition coefficient (Wildman–Crippen LogP) is 2.48. The summed E-state index contributed by atoms with van der Waals surface area (Å²) in [6, 6.07) is 5.93. The summed E-state index contributed by atoms with van der Waals surface area (Å²) in [7, 11) is 0. The van der Waals surface area contributed by atoms with Crippen LogP contribution < -0.4 is 5.32 Å². The number of fused-ring (bicyclic) bond motifs is 1. The number of benzene rings is 1. The molecule has 1 N–H and O–H groups in total. The minimum Gasteiger partial charge on any atom is -0.464 e. The van der Waals surface area contributed by atoms with E-state index >= 15 is 0 Å². The van der Waals surface area contributed by atoms with E-state index in [2.05, 4.69) is 21.2 Å². The second kappa shape index (κ2) is 4.49. The molecule has 0 aliphatic rings. The summed E-state index contributed by atoms with van der Waals surface area (Å²) in [5.41, 5.74) is 1.98. The Balaban J connectivity index is 2.24. The summed E-state index contributed by atoms with van der Waals surface area (Å²) in [6.45, 7) is 0.633. The third-order valence-corrected chi connectivity index (χ3v) is 2.73. The van der Waals surface area contributed by atoms with Gasteiger partial charge in [0.2, 0.25) is 6.41 Å². The molecule has 0 spiro atoms. The van der Waals surface area contributed by atoms with Crippen LogP contribution in [0.15, 0.2) is 33.4 Å². The zero-order chi connectivity index (χ0) is 10.7. The normalized spacial score (nSPS) is 10.5. The summed E-state index contributed by atoms with van der Waals surface area (Å²) in [5, 5.41) is 3.73. The van der Waals surface area contributed by atoms with Crippen LogP contribution in [0.3, 0.4) is 0 Å². The third kappa shape index (κ3) is 2.21. The summed E-state index contributed by atoms with van der Waals surface area (Å²) < 4.78 is 6.42. The maximum Gasteiger partial charge on any atom is 0.207 e. The number of carbonyl (C=O) groups excluding carboxylic acids is 1. The number of hydrogen-bond acceptors (Lipinski definition) is 2. The standard InChI is InChI=1S/C11H10BrNO2/c12-9-1-2-10-8(3-4-13-7-14)6-15-11(10)5-9/h1-2,5-7H,3-4H2,(H,13,14). The van der Waals surface area contributed by atoms with Crippen molar-refractivity contribution in [2.45, 2.75) is 6.42 Å². The van der Waals surface area contributed by atoms with Crippen LogP contribution in [0.25, 0.3) is 11.0 Å². The third-order valence-electron chi connectivity index (χ3n) is 2.24. The van der Waals surface area contributed by atoms with Crippen molar-refractivity contribution < 1.29 is 9.21 Å². The van der Waals surface area contributed by atoms with Gasteiger partial charge in [0.05, 0.1) is 6.26 Å². The van der Waals surface area contributed by atoms with E-state index in [0.29, 0.717) is 13.0 Å². The Morgan fingerprint density at radius 1 is 1.47 bits per heavy atom. The molecule has 0 saturated carbocycles. The van der Waals surface area contributed by atoms with Crippen molar-refractivity contribution in [1.82, 2.24) is 5.32 Å². The first-order chi connectivity index (χ1) is 7.31. The second-order valence-corrected chi connectivity index (χ2v) is 4.14. The average molecular weight is 268 g/mol. The monoisotopic (exact) mass is 267 g/mol. The minimum absolute atomic E-state index is 0.633. The number of halogens is 1. The first-order valence-electron chi connectivity index (χ1n) is 4.64. The van der Waals surface area contributed by atoms with E-state index in [0.717, 1.165) is 27.4 Å². The molecule has 4 heteroatoms. The highest BCUT2D eigenvalue weighted by molar-refractivity contribution is 9.10. The number of carbonyl (C=O) groups is 1. The predicted molar refractivity (Wildman–Crippen MR) is 61.7 cm³/mol. The van der Waals surface area contributed by atoms with Crippen LogP contribution in [0, 0.1) is 0 Å². The molecule has 78 valence electrons. The number of amides is 1. The van der Waals surface area contributed by atoms with Crippen LogP contribution in [-0.4, -0.2) is 13.0 Å². The van der Waals surface area contributed by atoms with Crippen LogP contribution >= 0.6 is 15.9 Å². The number of hydrogen-bond donors (Lipinski definition) is 1. The quantitative estimate of drug-likeness (QED) is 0.683. The lowest BCUT2D eigenvalue weighted by Crippen LogP contribution is -2.13. The Hall–Kier alpha value is -1.29. The van der Waals surface area contributed by atoms with Gasteiger partial charge in [-0.25, -0.2) is 0 Å². The second-order valence-electron chi connectivity index (χ2n) is 3.22. The molecule has 0 radical (unpaired) electrons. The van der Waals surface area contributed by atoms with E-state index in [1.54, 1.807) is 6.26 Å². The molecule has 15 heavy (non-hydrogen) atoms. The van der Waals surface area contributed by atoms with Crippen molar-refractivity contribution in [3.05, 3.63) is 34.5 Å². The van der Waals surface area contributed by atoms with Gasteiger partial charge in [-0.05, 0) is 30.2 Å². The van der Waals surface area contributed by atoms with Crippen LogP contribution in [0.2, 0.25) is 0 Å². The molecule has 1 amide bonds. The molecule has 1 aromatic carbocycles. The van der Waals surface area contributed by atoms with Crippen molar-refractivity contribution in [3.63, 3.8) is 0 Å². The Bertz CT molecular complexity index is 478. The van der Waals surface area contributed by atoms with Gasteiger partial charge in [0.25, 0.3) is 0 Å². The summed E-state index contributed by atoms with van der Waals surface area (Å²) in [4.78, 5) is 10.1. The lowest BCUT2D eigenvalue weighted by molar-refractivity contribution is -0.109. The zero-order valence-electron chi connectivity index (χ0n) is 8.00. The van der Waals surface area contributed by atoms with Crippen LogP contribution in [0.4, 0.5) is 0 Å². The highest BCUT2D eigenvalue weighted by Gasteiger charge is 2.05. The molecule has 2 aromatic rings. The van der Waals surface area contributed by atoms with Gasteiger partial charge in [0, 0.05) is 16.4 Å². The van der Waals surface area contributed by atoms with Crippen molar-refractivity contribution in [1.29, 1.82) is 0 Å². The molecule has 0 saturated heterocycles. The number of nitrogens with one attached hydrogen (secondary N) is 1. The maximum atomic E-state index is 10.1. The number of rotatable bonds is 4. The molecule has 0 aliphatic carbocycles. The molecule has 1 aromatic heterocycles. The lowest BCUT2D eigenvalue weighted by Gasteiger charge is -1.97. The van der Waals surface area contributed by atoms with Crippen LogP contribution in [0.1, 0.15) is 5.56 Å². The molecule has 0 fully saturated rings. The molecule has 0 bridgehead atoms. The van der Waals surface area contributed by atoms with Crippen molar-refractivity contribution >= 4 is 33.3 Å². The van der Waals surface area contributed by atoms with Gasteiger partial charge in [-0.2, -0.15) is 0 Å². The van der Waals surface area contributed by atoms with Gasteiger partial charge >= 0.3 is 0 Å². The van der Waals surface area contributed by atoms with E-state index in [-0.39, 0.29) is 0 Å². The molecule has 2 rings (SSSR count). The minimum atomic E-state index is 0.633.